The van der Waals surface area contributed by atoms with E-state index in [-0.39, 0.29) is 5.54 Å². The number of pyridine rings is 1. The van der Waals surface area contributed by atoms with Gasteiger partial charge in [-0.05, 0) is 89.3 Å². The van der Waals surface area contributed by atoms with Gasteiger partial charge in [-0.3, -0.25) is 4.99 Å². The number of rotatable bonds is 6. The Hall–Kier alpha value is -2.46. The maximum Gasteiger partial charge on any atom is 0.122 e. The molecule has 27 heavy (non-hydrogen) atoms. The molecule has 0 bridgehead atoms. The van der Waals surface area contributed by atoms with Crippen molar-refractivity contribution in [2.24, 2.45) is 4.99 Å². The van der Waals surface area contributed by atoms with E-state index < -0.39 is 0 Å². The summed E-state index contributed by atoms with van der Waals surface area (Å²) in [6.45, 7) is 9.96. The third kappa shape index (κ3) is 4.11. The average Bonchev–Trinajstić information content (AvgIpc) is 2.99. The van der Waals surface area contributed by atoms with E-state index in [0.717, 1.165) is 35.0 Å². The summed E-state index contributed by atoms with van der Waals surface area (Å²) < 4.78 is 5.96. The Morgan fingerprint density at radius 1 is 1.04 bits per heavy atom. The number of allylic oxidation sites excluding steroid dienone is 1. The first kappa shape index (κ1) is 19.3. The minimum Gasteiger partial charge on any atom is -0.492 e. The fraction of sp³-hybridized carbons (Fsp3) is 0.391. The molecule has 1 aromatic carbocycles. The molecule has 0 N–H and O–H groups in total. The van der Waals surface area contributed by atoms with Gasteiger partial charge in [-0.15, -0.1) is 0 Å². The average molecular weight is 364 g/mol. The maximum atomic E-state index is 5.96. The fourth-order valence-corrected chi connectivity index (χ4v) is 3.30. The van der Waals surface area contributed by atoms with E-state index in [4.69, 9.17) is 14.7 Å². The quantitative estimate of drug-likeness (QED) is 0.755. The second kappa shape index (κ2) is 7.65. The molecule has 0 fully saturated rings. The highest BCUT2D eigenvalue weighted by Crippen LogP contribution is 2.34. The zero-order valence-electron chi connectivity index (χ0n) is 17.2. The van der Waals surface area contributed by atoms with Gasteiger partial charge in [0.1, 0.15) is 17.9 Å². The zero-order valence-corrected chi connectivity index (χ0v) is 17.2. The summed E-state index contributed by atoms with van der Waals surface area (Å²) in [6.07, 6.45) is 4.18. The molecule has 2 aromatic rings. The summed E-state index contributed by atoms with van der Waals surface area (Å²) in [5.74, 6) is 0.945. The lowest BCUT2D eigenvalue weighted by atomic mass is 9.96. The van der Waals surface area contributed by atoms with Crippen molar-refractivity contribution in [1.82, 2.24) is 9.88 Å². The van der Waals surface area contributed by atoms with Crippen LogP contribution in [0, 0.1) is 13.8 Å². The number of aromatic nitrogens is 1. The van der Waals surface area contributed by atoms with Gasteiger partial charge in [-0.2, -0.15) is 0 Å². The monoisotopic (exact) mass is 363 g/mol. The molecule has 4 nitrogen and oxygen atoms in total. The minimum absolute atomic E-state index is 0.377. The fourth-order valence-electron chi connectivity index (χ4n) is 3.30. The summed E-state index contributed by atoms with van der Waals surface area (Å²) in [7, 11) is 4.10. The first-order valence-corrected chi connectivity index (χ1v) is 9.41. The molecule has 0 amide bonds. The second-order valence-electron chi connectivity index (χ2n) is 7.66. The highest BCUT2D eigenvalue weighted by atomic mass is 16.5. The molecular formula is C23H29N3O. The lowest BCUT2D eigenvalue weighted by molar-refractivity contribution is 0.260. The number of ether oxygens (including phenoxy) is 1. The van der Waals surface area contributed by atoms with Crippen LogP contribution in [0.2, 0.25) is 0 Å². The van der Waals surface area contributed by atoms with Crippen molar-refractivity contribution in [3.8, 4) is 17.0 Å². The molecule has 1 atom stereocenters. The van der Waals surface area contributed by atoms with Crippen LogP contribution in [0.15, 0.2) is 47.5 Å². The van der Waals surface area contributed by atoms with Gasteiger partial charge in [0.05, 0.1) is 11.4 Å². The maximum absolute atomic E-state index is 5.96. The number of benzene rings is 1. The van der Waals surface area contributed by atoms with Crippen molar-refractivity contribution < 1.29 is 4.74 Å². The molecule has 1 aliphatic heterocycles. The van der Waals surface area contributed by atoms with Crippen molar-refractivity contribution >= 4 is 5.71 Å². The highest BCUT2D eigenvalue weighted by molar-refractivity contribution is 5.95. The van der Waals surface area contributed by atoms with Crippen molar-refractivity contribution in [2.75, 3.05) is 27.2 Å². The Kier molecular flexibility index (Phi) is 5.47. The lowest BCUT2D eigenvalue weighted by Gasteiger charge is -2.20. The molecule has 0 saturated carbocycles. The third-order valence-electron chi connectivity index (χ3n) is 5.13. The SMILES string of the molecule is CC1=NC(C)(c2cccc(-c3ccc(OCCN(C)C)c(C)c3C)n2)C=C1. The standard InChI is InChI=1S/C23H29N3O/c1-16-12-13-23(4,25-16)22-9-7-8-20(24-22)19-10-11-21(18(3)17(19)2)27-15-14-26(5)6/h7-13H,14-15H2,1-6H3. The Balaban J connectivity index is 1.90. The predicted molar refractivity (Wildman–Crippen MR) is 113 cm³/mol. The van der Waals surface area contributed by atoms with E-state index in [1.165, 1.54) is 11.1 Å². The van der Waals surface area contributed by atoms with Crippen LogP contribution in [-0.4, -0.2) is 42.8 Å². The van der Waals surface area contributed by atoms with Crippen LogP contribution in [0.25, 0.3) is 11.3 Å². The smallest absolute Gasteiger partial charge is 0.122 e. The molecule has 0 radical (unpaired) electrons. The van der Waals surface area contributed by atoms with Crippen molar-refractivity contribution in [2.45, 2.75) is 33.2 Å². The highest BCUT2D eigenvalue weighted by Gasteiger charge is 2.27. The van der Waals surface area contributed by atoms with Crippen LogP contribution >= 0.6 is 0 Å². The molecule has 0 spiro atoms. The summed E-state index contributed by atoms with van der Waals surface area (Å²) in [5.41, 5.74) is 6.11. The van der Waals surface area contributed by atoms with Gasteiger partial charge in [-0.25, -0.2) is 4.98 Å². The van der Waals surface area contributed by atoms with Crippen molar-refractivity contribution in [1.29, 1.82) is 0 Å². The van der Waals surface area contributed by atoms with Crippen LogP contribution in [0.5, 0.6) is 5.75 Å². The number of hydrogen-bond acceptors (Lipinski definition) is 4. The largest absolute Gasteiger partial charge is 0.492 e. The van der Waals surface area contributed by atoms with Crippen LogP contribution in [0.3, 0.4) is 0 Å². The molecule has 0 aliphatic carbocycles. The first-order chi connectivity index (χ1) is 12.8. The van der Waals surface area contributed by atoms with E-state index in [1.807, 2.05) is 6.92 Å². The molecule has 4 heteroatoms. The molecule has 2 heterocycles. The van der Waals surface area contributed by atoms with E-state index in [1.54, 1.807) is 0 Å². The van der Waals surface area contributed by atoms with Crippen LogP contribution in [-0.2, 0) is 5.54 Å². The summed E-state index contributed by atoms with van der Waals surface area (Å²) >= 11 is 0. The molecule has 3 rings (SSSR count). The van der Waals surface area contributed by atoms with Gasteiger partial charge in [0, 0.05) is 17.8 Å². The normalized spacial score (nSPS) is 18.9. The second-order valence-corrected chi connectivity index (χ2v) is 7.66. The minimum atomic E-state index is -0.377. The molecule has 142 valence electrons. The zero-order chi connectivity index (χ0) is 19.6. The number of likely N-dealkylation sites (N-methyl/N-ethyl adjacent to an activating group) is 1. The third-order valence-corrected chi connectivity index (χ3v) is 5.13. The molecule has 1 aliphatic rings. The Morgan fingerprint density at radius 2 is 1.81 bits per heavy atom. The van der Waals surface area contributed by atoms with Crippen LogP contribution in [0.4, 0.5) is 0 Å². The Morgan fingerprint density at radius 3 is 2.48 bits per heavy atom. The molecule has 0 saturated heterocycles. The number of nitrogens with zero attached hydrogens (tertiary/aromatic N) is 3. The van der Waals surface area contributed by atoms with E-state index in [2.05, 4.69) is 82.3 Å². The summed E-state index contributed by atoms with van der Waals surface area (Å²) in [4.78, 5) is 11.8. The Labute approximate surface area is 162 Å². The van der Waals surface area contributed by atoms with Gasteiger partial charge in [0.2, 0.25) is 0 Å². The van der Waals surface area contributed by atoms with E-state index >= 15 is 0 Å². The van der Waals surface area contributed by atoms with Crippen molar-refractivity contribution in [3.05, 3.63) is 59.3 Å². The lowest BCUT2D eigenvalue weighted by Crippen LogP contribution is -2.19. The molecule has 1 aromatic heterocycles. The summed E-state index contributed by atoms with van der Waals surface area (Å²) in [6, 6.07) is 10.4. The van der Waals surface area contributed by atoms with Crippen LogP contribution < -0.4 is 4.74 Å². The van der Waals surface area contributed by atoms with Crippen molar-refractivity contribution in [3.63, 3.8) is 0 Å². The Bertz CT molecular complexity index is 898. The van der Waals surface area contributed by atoms with Gasteiger partial charge in [0.15, 0.2) is 0 Å². The predicted octanol–water partition coefficient (Wildman–Crippen LogP) is 4.55. The van der Waals surface area contributed by atoms with E-state index in [0.29, 0.717) is 6.61 Å². The number of hydrogen-bond donors (Lipinski definition) is 0. The topological polar surface area (TPSA) is 37.7 Å². The van der Waals surface area contributed by atoms with Gasteiger partial charge in [0.25, 0.3) is 0 Å². The van der Waals surface area contributed by atoms with E-state index in [9.17, 15) is 0 Å². The molecule has 1 unspecified atom stereocenters. The van der Waals surface area contributed by atoms with Crippen LogP contribution in [0.1, 0.15) is 30.7 Å². The molecular weight excluding hydrogens is 334 g/mol. The number of aliphatic imine (C=N–C) groups is 1. The summed E-state index contributed by atoms with van der Waals surface area (Å²) in [5, 5.41) is 0. The first-order valence-electron chi connectivity index (χ1n) is 9.41. The van der Waals surface area contributed by atoms with Gasteiger partial charge >= 0.3 is 0 Å². The van der Waals surface area contributed by atoms with Gasteiger partial charge < -0.3 is 9.64 Å². The van der Waals surface area contributed by atoms with Gasteiger partial charge in [-0.1, -0.05) is 6.07 Å².